The van der Waals surface area contributed by atoms with Gasteiger partial charge < -0.3 is 18.3 Å². The van der Waals surface area contributed by atoms with Crippen LogP contribution in [0, 0.1) is 25.7 Å². The molecule has 1 saturated carbocycles. The predicted octanol–water partition coefficient (Wildman–Crippen LogP) is 13.4. The monoisotopic (exact) mass is 1150 g/mol. The summed E-state index contributed by atoms with van der Waals surface area (Å²) in [7, 11) is -14.7. The first-order chi connectivity index (χ1) is 34.9. The maximum Gasteiger partial charge on any atom is 0.562 e. The first-order valence-electron chi connectivity index (χ1n) is 22.8. The van der Waals surface area contributed by atoms with Crippen LogP contribution in [0.4, 0.5) is 13.2 Å². The van der Waals surface area contributed by atoms with Gasteiger partial charge in [0.15, 0.2) is 10.1 Å². The summed E-state index contributed by atoms with van der Waals surface area (Å²) in [5.41, 5.74) is -5.65. The third kappa shape index (κ3) is 15.9. The van der Waals surface area contributed by atoms with Crippen molar-refractivity contribution in [2.75, 3.05) is 0 Å². The predicted molar refractivity (Wildman–Crippen MR) is 286 cm³/mol. The minimum absolute atomic E-state index is 0. The Bertz CT molecular complexity index is 2980. The minimum atomic E-state index is -6.09. The Morgan fingerprint density at radius 1 is 0.479 bits per heavy atom. The standard InChI is InChI=1S/C48H38NO4P3.C8H12.CHF3O3S.Rh/c50-56(52-39-23-7-1-8-24-39,53-40-25-9-2-10-26-40)49-55(43-31-15-5-16-32-43,44-33-17-6-18-34-44)48-38-22-20-36-46(48)51-45-35-19-21-37-47(45)54(41-27-11-3-12-28-41)42-29-13-4-14-30-42;1-2-4-6-8-7-5-3-1;2-1(3,4)8(5,6)7;/h1-38H;1-2,7-8H,3-6H2;(H,5,6,7);/p-1. The van der Waals surface area contributed by atoms with E-state index in [1.165, 1.54) is 36.3 Å². The number of hydrogen-bond donors (Lipinski definition) is 0. The number of alkyl halides is 3. The molecule has 8 aromatic rings. The summed E-state index contributed by atoms with van der Waals surface area (Å²) < 4.78 is 99.9. The zero-order valence-electron chi connectivity index (χ0n) is 39.1. The molecule has 1 aliphatic rings. The van der Waals surface area contributed by atoms with E-state index in [1.807, 2.05) is 146 Å². The Balaban J connectivity index is 0.000000439. The van der Waals surface area contributed by atoms with Crippen molar-refractivity contribution in [3.63, 3.8) is 0 Å². The van der Waals surface area contributed by atoms with E-state index < -0.39 is 38.3 Å². The zero-order valence-corrected chi connectivity index (χ0v) is 44.2. The van der Waals surface area contributed by atoms with Crippen LogP contribution in [0.3, 0.4) is 0 Å². The van der Waals surface area contributed by atoms with Crippen molar-refractivity contribution in [2.24, 2.45) is 4.52 Å². The van der Waals surface area contributed by atoms with Crippen LogP contribution in [0.25, 0.3) is 0 Å². The number of ether oxygens (including phenoxy) is 1. The maximum absolute atomic E-state index is 15.6. The van der Waals surface area contributed by atoms with Crippen LogP contribution in [-0.2, 0) is 34.2 Å². The molecule has 5 radical (unpaired) electrons. The Labute approximate surface area is 440 Å². The molecule has 1 fully saturated rings. The second-order valence-corrected chi connectivity index (χ2v) is 24.1. The smallest absolute Gasteiger partial charge is 0.562 e. The normalized spacial score (nSPS) is 12.9. The first-order valence-corrected chi connectivity index (χ1v) is 28.8. The molecule has 8 aromatic carbocycles. The molecule has 16 heteroatoms. The van der Waals surface area contributed by atoms with Crippen LogP contribution < -0.4 is 45.6 Å². The van der Waals surface area contributed by atoms with Crippen LogP contribution >= 0.6 is 22.7 Å². The summed E-state index contributed by atoms with van der Waals surface area (Å²) in [5, 5.41) is 5.98. The topological polar surface area (TPSA) is 114 Å². The van der Waals surface area contributed by atoms with Gasteiger partial charge in [0.25, 0.3) is 0 Å². The van der Waals surface area contributed by atoms with Crippen LogP contribution in [0.1, 0.15) is 25.7 Å². The molecule has 0 N–H and O–H groups in total. The van der Waals surface area contributed by atoms with Gasteiger partial charge >= 0.3 is 13.3 Å². The quantitative estimate of drug-likeness (QED) is 0.0489. The van der Waals surface area contributed by atoms with Crippen LogP contribution in [0.2, 0.25) is 0 Å². The molecule has 0 saturated heterocycles. The van der Waals surface area contributed by atoms with Crippen molar-refractivity contribution < 1.29 is 64.0 Å². The van der Waals surface area contributed by atoms with E-state index in [0.29, 0.717) is 17.2 Å². The third-order valence-corrected chi connectivity index (χ3v) is 19.7. The van der Waals surface area contributed by atoms with E-state index >= 15 is 4.57 Å². The molecule has 9 rings (SSSR count). The van der Waals surface area contributed by atoms with Gasteiger partial charge in [-0.25, -0.2) is 13.0 Å². The van der Waals surface area contributed by atoms with Crippen molar-refractivity contribution in [3.05, 3.63) is 256 Å². The summed E-state index contributed by atoms with van der Waals surface area (Å²) in [6.45, 7) is 0. The van der Waals surface area contributed by atoms with E-state index in [0.717, 1.165) is 27.0 Å². The van der Waals surface area contributed by atoms with Gasteiger partial charge in [-0.2, -0.15) is 17.7 Å². The number of rotatable bonds is 13. The van der Waals surface area contributed by atoms with Crippen molar-refractivity contribution in [1.29, 1.82) is 0 Å². The number of nitrogens with zero attached hydrogens (tertiary/aromatic N) is 1. The van der Waals surface area contributed by atoms with Crippen LogP contribution in [0.5, 0.6) is 23.0 Å². The second kappa shape index (κ2) is 27.6. The Kier molecular flexibility index (Phi) is 21.4. The summed E-state index contributed by atoms with van der Waals surface area (Å²) in [5.74, 6) is 2.07. The fraction of sp³-hybridized carbons (Fsp3) is 0.0877. The molecule has 1 aliphatic carbocycles. The molecule has 0 aromatic heterocycles. The largest absolute Gasteiger partial charge is 0.741 e. The van der Waals surface area contributed by atoms with Gasteiger partial charge in [-0.05, 0) is 112 Å². The van der Waals surface area contributed by atoms with Crippen molar-refractivity contribution in [2.45, 2.75) is 31.2 Å². The zero-order chi connectivity index (χ0) is 50.7. The summed E-state index contributed by atoms with van der Waals surface area (Å²) in [6, 6.07) is 75.5. The third-order valence-electron chi connectivity index (χ3n) is 10.6. The van der Waals surface area contributed by atoms with Crippen molar-refractivity contribution in [3.8, 4) is 23.0 Å². The van der Waals surface area contributed by atoms with Crippen molar-refractivity contribution >= 4 is 64.7 Å². The van der Waals surface area contributed by atoms with Crippen LogP contribution in [-0.4, -0.2) is 18.5 Å². The Morgan fingerprint density at radius 3 is 1.21 bits per heavy atom. The number of hydrogen-bond acceptors (Lipinski definition) is 7. The van der Waals surface area contributed by atoms with Gasteiger partial charge in [0.05, 0.1) is 7.05 Å². The molecule has 0 heterocycles. The summed E-state index contributed by atoms with van der Waals surface area (Å²) in [6.07, 6.45) is 14.0. The molecule has 0 amide bonds. The fourth-order valence-electron chi connectivity index (χ4n) is 7.41. The molecule has 0 spiro atoms. The van der Waals surface area contributed by atoms with Gasteiger partial charge in [0.1, 0.15) is 23.0 Å². The molecule has 0 atom stereocenters. The SMILES string of the molecule is O=P(N=P(c1ccccc1)(c1ccccc1)c1ccccc1Oc1ccccc1P(c1ccccc1)c1ccccc1)(Oc1ccccc1)Oc1ccccc1.O=S(=O)([O-])C(F)(F)F.[CH]1[CH]CC[CH][CH]CC1.[Rh]. The average molecular weight is 1150 g/mol. The summed E-state index contributed by atoms with van der Waals surface area (Å²) in [4.78, 5) is 0. The molecule has 377 valence electrons. The Morgan fingerprint density at radius 2 is 0.808 bits per heavy atom. The molecular formula is C57H50F3NO7P3RhS-. The number of benzene rings is 8. The van der Waals surface area contributed by atoms with E-state index in [4.69, 9.17) is 31.3 Å². The summed E-state index contributed by atoms with van der Waals surface area (Å²) >= 11 is 0. The maximum atomic E-state index is 15.6. The molecule has 73 heavy (non-hydrogen) atoms. The number of halogens is 3. The van der Waals surface area contributed by atoms with Crippen molar-refractivity contribution in [1.82, 2.24) is 0 Å². The molecule has 0 aliphatic heterocycles. The molecule has 8 nitrogen and oxygen atoms in total. The molecular weight excluding hydrogens is 1100 g/mol. The first kappa shape index (κ1) is 56.7. The Hall–Kier alpha value is -5.63. The van der Waals surface area contributed by atoms with Gasteiger partial charge in [0, 0.05) is 40.7 Å². The van der Waals surface area contributed by atoms with Crippen LogP contribution in [0.15, 0.2) is 235 Å². The van der Waals surface area contributed by atoms with E-state index in [1.54, 1.807) is 24.3 Å². The minimum Gasteiger partial charge on any atom is -0.741 e. The number of para-hydroxylation sites is 4. The van der Waals surface area contributed by atoms with Gasteiger partial charge in [0.2, 0.25) is 0 Å². The van der Waals surface area contributed by atoms with E-state index in [9.17, 15) is 13.2 Å². The molecule has 0 bridgehead atoms. The van der Waals surface area contributed by atoms with Gasteiger partial charge in [-0.15, -0.1) is 0 Å². The fourth-order valence-corrected chi connectivity index (χ4v) is 16.2. The van der Waals surface area contributed by atoms with Gasteiger partial charge in [-0.3, -0.25) is 0 Å². The van der Waals surface area contributed by atoms with Gasteiger partial charge in [-0.1, -0.05) is 188 Å². The second-order valence-electron chi connectivity index (χ2n) is 15.7. The van der Waals surface area contributed by atoms with E-state index in [2.05, 4.69) is 86.3 Å². The van der Waals surface area contributed by atoms with E-state index in [-0.39, 0.29) is 19.5 Å². The molecule has 0 unspecified atom stereocenters. The average Bonchev–Trinajstić information content (AvgIpc) is 3.38.